The molecule has 2 rings (SSSR count). The van der Waals surface area contributed by atoms with Crippen molar-refractivity contribution >= 4 is 5.82 Å². The molecule has 1 fully saturated rings. The average Bonchev–Trinajstić information content (AvgIpc) is 2.45. The van der Waals surface area contributed by atoms with Gasteiger partial charge in [0, 0.05) is 6.07 Å². The van der Waals surface area contributed by atoms with Gasteiger partial charge in [-0.25, -0.2) is 8.96 Å². The summed E-state index contributed by atoms with van der Waals surface area (Å²) in [7, 11) is 1.03. The van der Waals surface area contributed by atoms with E-state index >= 15 is 0 Å². The molecule has 0 spiro atoms. The molecule has 1 aromatic rings. The summed E-state index contributed by atoms with van der Waals surface area (Å²) in [5, 5.41) is 31.3. The fourth-order valence-corrected chi connectivity index (χ4v) is 2.45. The average molecular weight is 341 g/mol. The van der Waals surface area contributed by atoms with Gasteiger partial charge in [-0.15, -0.1) is 0 Å². The normalized spacial score (nSPS) is 28.7. The molecule has 0 bridgehead atoms. The number of hydrogen-bond donors (Lipinski definition) is 4. The van der Waals surface area contributed by atoms with Gasteiger partial charge in [-0.05, 0) is 6.07 Å². The summed E-state index contributed by atoms with van der Waals surface area (Å²) in [6.45, 7) is -0.657. The summed E-state index contributed by atoms with van der Waals surface area (Å²) in [6.07, 6.45) is -8.64. The highest BCUT2D eigenvalue weighted by atomic mass is 19.4. The molecule has 10 heteroatoms. The van der Waals surface area contributed by atoms with Crippen molar-refractivity contribution in [3.63, 3.8) is 0 Å². The second-order valence-electron chi connectivity index (χ2n) is 5.26. The Bertz CT molecular complexity index is 570. The molecule has 0 saturated carbocycles. The summed E-state index contributed by atoms with van der Waals surface area (Å²) in [5.41, 5.74) is -1.47. The number of hydrogen-bond acceptors (Lipinski definition) is 5. The zero-order valence-corrected chi connectivity index (χ0v) is 12.1. The van der Waals surface area contributed by atoms with E-state index in [1.54, 1.807) is 0 Å². The Labute approximate surface area is 128 Å². The smallest absolute Gasteiger partial charge is 0.394 e. The highest BCUT2D eigenvalue weighted by molar-refractivity contribution is 5.32. The van der Waals surface area contributed by atoms with Crippen LogP contribution in [0.1, 0.15) is 5.69 Å². The monoisotopic (exact) mass is 341 g/mol. The summed E-state index contributed by atoms with van der Waals surface area (Å²) in [4.78, 5) is 0. The Kier molecular flexibility index (Phi) is 5.09. The third kappa shape index (κ3) is 3.55. The van der Waals surface area contributed by atoms with Crippen LogP contribution in [-0.4, -0.2) is 52.9 Å². The minimum atomic E-state index is -4.89. The minimum Gasteiger partial charge on any atom is -0.394 e. The largest absolute Gasteiger partial charge is 0.456 e. The number of aliphatic hydroxyl groups is 3. The van der Waals surface area contributed by atoms with Crippen LogP contribution in [0.5, 0.6) is 0 Å². The van der Waals surface area contributed by atoms with Gasteiger partial charge in [0.05, 0.1) is 20.3 Å². The predicted octanol–water partition coefficient (Wildman–Crippen LogP) is -0.438. The van der Waals surface area contributed by atoms with Gasteiger partial charge in [0.2, 0.25) is 5.69 Å². The van der Waals surface area contributed by atoms with Crippen LogP contribution in [0.4, 0.5) is 23.4 Å². The molecule has 0 amide bonds. The maximum absolute atomic E-state index is 13.4. The molecule has 0 radical (unpaired) electrons. The molecule has 0 aromatic carbocycles. The lowest BCUT2D eigenvalue weighted by Gasteiger charge is -2.35. The Morgan fingerprint density at radius 1 is 1.30 bits per heavy atom. The number of halogens is 4. The quantitative estimate of drug-likeness (QED) is 0.443. The molecule has 4 N–H and O–H groups in total. The van der Waals surface area contributed by atoms with Crippen LogP contribution in [0.25, 0.3) is 0 Å². The Balaban J connectivity index is 2.25. The zero-order valence-electron chi connectivity index (χ0n) is 12.1. The summed E-state index contributed by atoms with van der Waals surface area (Å²) >= 11 is 0. The molecule has 0 unspecified atom stereocenters. The highest BCUT2D eigenvalue weighted by Crippen LogP contribution is 2.29. The number of ether oxygens (including phenoxy) is 1. The number of alkyl halides is 3. The van der Waals surface area contributed by atoms with Gasteiger partial charge in [-0.2, -0.15) is 13.2 Å². The summed E-state index contributed by atoms with van der Waals surface area (Å²) < 4.78 is 57.8. The number of aliphatic hydroxyl groups excluding tert-OH is 3. The van der Waals surface area contributed by atoms with E-state index in [-0.39, 0.29) is 12.4 Å². The van der Waals surface area contributed by atoms with E-state index in [9.17, 15) is 27.8 Å². The van der Waals surface area contributed by atoms with E-state index in [1.165, 1.54) is 0 Å². The number of nitrogens with zero attached hydrogens (tertiary/aromatic N) is 1. The summed E-state index contributed by atoms with van der Waals surface area (Å²) in [5.74, 6) is -1.53. The standard InChI is InChI=1S/C13H16F4N2O4/c1-19-9(3-2-6(14)12(19)13(15,16)17)18-7-5-23-8(4-20)11(22)10(7)21/h2-3,7-8,10-11,20-22H,4-5H2,1H3/p+1/t7-,8+,10+,11-/m0/s1. The fraction of sp³-hybridized carbons (Fsp3) is 0.615. The van der Waals surface area contributed by atoms with Crippen molar-refractivity contribution in [1.82, 2.24) is 0 Å². The third-order valence-electron chi connectivity index (χ3n) is 3.73. The Morgan fingerprint density at radius 3 is 2.52 bits per heavy atom. The predicted molar refractivity (Wildman–Crippen MR) is 68.8 cm³/mol. The molecular weight excluding hydrogens is 324 g/mol. The van der Waals surface area contributed by atoms with E-state index < -0.39 is 48.6 Å². The van der Waals surface area contributed by atoms with Crippen molar-refractivity contribution in [2.45, 2.75) is 30.5 Å². The van der Waals surface area contributed by atoms with Crippen LogP contribution in [0.15, 0.2) is 12.1 Å². The van der Waals surface area contributed by atoms with E-state index in [0.29, 0.717) is 10.6 Å². The third-order valence-corrected chi connectivity index (χ3v) is 3.73. The van der Waals surface area contributed by atoms with Crippen molar-refractivity contribution in [3.8, 4) is 0 Å². The maximum Gasteiger partial charge on any atom is 0.456 e. The van der Waals surface area contributed by atoms with E-state index in [1.807, 2.05) is 0 Å². The maximum atomic E-state index is 13.4. The SMILES string of the molecule is C[n+]1c(N[C@H]2CO[C@H](CO)[C@H](O)[C@@H]2O)ccc(F)c1C(F)(F)F. The second-order valence-corrected chi connectivity index (χ2v) is 5.26. The van der Waals surface area contributed by atoms with Crippen LogP contribution >= 0.6 is 0 Å². The van der Waals surface area contributed by atoms with Crippen LogP contribution in [0.3, 0.4) is 0 Å². The molecule has 4 atom stereocenters. The Morgan fingerprint density at radius 2 is 1.96 bits per heavy atom. The first-order valence-electron chi connectivity index (χ1n) is 6.77. The fourth-order valence-electron chi connectivity index (χ4n) is 2.45. The second kappa shape index (κ2) is 6.56. The first-order valence-corrected chi connectivity index (χ1v) is 6.77. The van der Waals surface area contributed by atoms with Crippen molar-refractivity contribution in [2.24, 2.45) is 7.05 Å². The van der Waals surface area contributed by atoms with Gasteiger partial charge in [0.1, 0.15) is 24.4 Å². The van der Waals surface area contributed by atoms with Crippen molar-refractivity contribution < 1.29 is 42.2 Å². The van der Waals surface area contributed by atoms with Gasteiger partial charge in [0.15, 0.2) is 5.82 Å². The lowest BCUT2D eigenvalue weighted by molar-refractivity contribution is -0.679. The van der Waals surface area contributed by atoms with Crippen LogP contribution in [0.2, 0.25) is 0 Å². The first-order chi connectivity index (χ1) is 10.7. The number of nitrogens with one attached hydrogen (secondary N) is 1. The van der Waals surface area contributed by atoms with Gasteiger partial charge < -0.3 is 20.1 Å². The zero-order chi connectivity index (χ0) is 17.4. The number of aromatic nitrogens is 1. The van der Waals surface area contributed by atoms with Crippen molar-refractivity contribution in [2.75, 3.05) is 18.5 Å². The lowest BCUT2D eigenvalue weighted by Crippen LogP contribution is -2.58. The van der Waals surface area contributed by atoms with Crippen molar-refractivity contribution in [1.29, 1.82) is 0 Å². The molecule has 2 heterocycles. The lowest BCUT2D eigenvalue weighted by atomic mass is 9.98. The molecular formula is C13H17F4N2O4+. The van der Waals surface area contributed by atoms with E-state index in [2.05, 4.69) is 5.32 Å². The number of anilines is 1. The van der Waals surface area contributed by atoms with Gasteiger partial charge in [-0.1, -0.05) is 0 Å². The molecule has 1 aliphatic rings. The molecule has 23 heavy (non-hydrogen) atoms. The summed E-state index contributed by atoms with van der Waals surface area (Å²) in [6, 6.07) is 0.821. The molecule has 6 nitrogen and oxygen atoms in total. The van der Waals surface area contributed by atoms with E-state index in [4.69, 9.17) is 9.84 Å². The first kappa shape index (κ1) is 17.9. The molecule has 130 valence electrons. The van der Waals surface area contributed by atoms with Gasteiger partial charge in [-0.3, -0.25) is 5.32 Å². The topological polar surface area (TPSA) is 85.8 Å². The molecule has 1 saturated heterocycles. The molecule has 1 aliphatic heterocycles. The van der Waals surface area contributed by atoms with Crippen LogP contribution in [-0.2, 0) is 18.0 Å². The van der Waals surface area contributed by atoms with Crippen molar-refractivity contribution in [3.05, 3.63) is 23.6 Å². The number of rotatable bonds is 3. The highest BCUT2D eigenvalue weighted by Gasteiger charge is 2.43. The minimum absolute atomic E-state index is 0.110. The van der Waals surface area contributed by atoms with Gasteiger partial charge in [0.25, 0.3) is 5.82 Å². The van der Waals surface area contributed by atoms with Crippen LogP contribution < -0.4 is 9.88 Å². The van der Waals surface area contributed by atoms with Crippen LogP contribution in [0, 0.1) is 5.82 Å². The Hall–Kier alpha value is -1.49. The van der Waals surface area contributed by atoms with Gasteiger partial charge >= 0.3 is 6.18 Å². The molecule has 0 aliphatic carbocycles. The van der Waals surface area contributed by atoms with E-state index in [0.717, 1.165) is 13.1 Å². The number of pyridine rings is 1. The molecule has 1 aromatic heterocycles.